The van der Waals surface area contributed by atoms with Gasteiger partial charge in [-0.15, -0.1) is 0 Å². The predicted octanol–water partition coefficient (Wildman–Crippen LogP) is 3.14. The number of halogens is 1. The van der Waals surface area contributed by atoms with Gasteiger partial charge in [-0.2, -0.15) is 5.10 Å². The maximum atomic E-state index is 13.0. The molecule has 3 N–H and O–H groups in total. The number of amides is 1. The number of benzene rings is 1. The van der Waals surface area contributed by atoms with Crippen LogP contribution < -0.4 is 14.8 Å². The highest BCUT2D eigenvalue weighted by atomic mass is 35.5. The third-order valence-electron chi connectivity index (χ3n) is 4.10. The molecule has 0 unspecified atom stereocenters. The van der Waals surface area contributed by atoms with Gasteiger partial charge in [0.05, 0.1) is 35.9 Å². The Morgan fingerprint density at radius 1 is 1.21 bits per heavy atom. The van der Waals surface area contributed by atoms with Crippen molar-refractivity contribution in [3.05, 3.63) is 58.5 Å². The summed E-state index contributed by atoms with van der Waals surface area (Å²) in [4.78, 5) is 16.1. The van der Waals surface area contributed by atoms with Gasteiger partial charge < -0.3 is 10.1 Å². The fraction of sp³-hybridized carbons (Fsp3) is 0.167. The van der Waals surface area contributed by atoms with E-state index in [-0.39, 0.29) is 27.2 Å². The largest absolute Gasteiger partial charge is 0.480 e. The lowest BCUT2D eigenvalue weighted by atomic mass is 10.1. The van der Waals surface area contributed by atoms with Gasteiger partial charge in [0.25, 0.3) is 15.9 Å². The zero-order valence-electron chi connectivity index (χ0n) is 15.8. The van der Waals surface area contributed by atoms with Crippen molar-refractivity contribution in [3.8, 4) is 5.88 Å². The molecule has 0 aliphatic rings. The van der Waals surface area contributed by atoms with Crippen molar-refractivity contribution in [1.29, 1.82) is 0 Å². The van der Waals surface area contributed by atoms with Crippen LogP contribution in [0.25, 0.3) is 0 Å². The van der Waals surface area contributed by atoms with E-state index in [4.69, 9.17) is 16.3 Å². The van der Waals surface area contributed by atoms with Crippen molar-refractivity contribution in [3.63, 3.8) is 0 Å². The summed E-state index contributed by atoms with van der Waals surface area (Å²) in [5.41, 5.74) is 2.18. The quantitative estimate of drug-likeness (QED) is 0.546. The Morgan fingerprint density at radius 3 is 2.48 bits per heavy atom. The van der Waals surface area contributed by atoms with E-state index in [1.54, 1.807) is 26.0 Å². The second kappa shape index (κ2) is 8.10. The Morgan fingerprint density at radius 2 is 1.90 bits per heavy atom. The Labute approximate surface area is 172 Å². The number of anilines is 2. The Balaban J connectivity index is 1.96. The van der Waals surface area contributed by atoms with Crippen LogP contribution in [0.15, 0.2) is 41.6 Å². The lowest BCUT2D eigenvalue weighted by Crippen LogP contribution is -2.18. The van der Waals surface area contributed by atoms with Gasteiger partial charge in [0.2, 0.25) is 5.88 Å². The number of nitrogens with one attached hydrogen (secondary N) is 3. The van der Waals surface area contributed by atoms with E-state index in [2.05, 4.69) is 25.2 Å². The number of hydrogen-bond acceptors (Lipinski definition) is 6. The van der Waals surface area contributed by atoms with E-state index in [0.717, 1.165) is 11.1 Å². The highest BCUT2D eigenvalue weighted by molar-refractivity contribution is 7.92. The smallest absolute Gasteiger partial charge is 0.275 e. The first-order valence-electron chi connectivity index (χ1n) is 8.36. The zero-order valence-corrected chi connectivity index (χ0v) is 17.4. The summed E-state index contributed by atoms with van der Waals surface area (Å²) in [6.07, 6.45) is 2.56. The van der Waals surface area contributed by atoms with E-state index in [1.807, 2.05) is 6.07 Å². The first kappa shape index (κ1) is 20.6. The van der Waals surface area contributed by atoms with Gasteiger partial charge in [0.1, 0.15) is 5.69 Å². The maximum Gasteiger partial charge on any atom is 0.275 e. The van der Waals surface area contributed by atoms with E-state index >= 15 is 0 Å². The first-order chi connectivity index (χ1) is 13.7. The van der Waals surface area contributed by atoms with Crippen LogP contribution in [-0.4, -0.2) is 36.6 Å². The van der Waals surface area contributed by atoms with Crippen LogP contribution in [0.2, 0.25) is 5.02 Å². The third-order valence-corrected chi connectivity index (χ3v) is 5.73. The molecule has 0 aliphatic heterocycles. The van der Waals surface area contributed by atoms with Crippen molar-refractivity contribution in [2.75, 3.05) is 17.1 Å². The summed E-state index contributed by atoms with van der Waals surface area (Å²) in [6.45, 7) is 3.59. The standard InChI is InChI=1S/C18H18ClN5O4S/c1-10-5-4-6-11(2)15(10)24-29(26,27)14-7-12(8-20-18(14)28-3)22-17(25)16-13(19)9-21-23-16/h4-9,24H,1-3H3,(H,21,23)(H,22,25). The van der Waals surface area contributed by atoms with E-state index < -0.39 is 15.9 Å². The molecular weight excluding hydrogens is 418 g/mol. The number of carbonyl (C=O) groups is 1. The van der Waals surface area contributed by atoms with Gasteiger partial charge in [-0.1, -0.05) is 29.8 Å². The van der Waals surface area contributed by atoms with Gasteiger partial charge >= 0.3 is 0 Å². The van der Waals surface area contributed by atoms with E-state index in [0.29, 0.717) is 5.69 Å². The highest BCUT2D eigenvalue weighted by Crippen LogP contribution is 2.29. The monoisotopic (exact) mass is 435 g/mol. The number of hydrogen-bond donors (Lipinski definition) is 3. The molecular formula is C18H18ClN5O4S. The van der Waals surface area contributed by atoms with Crippen LogP contribution in [0.4, 0.5) is 11.4 Å². The summed E-state index contributed by atoms with van der Waals surface area (Å²) in [5.74, 6) is -0.702. The number of ether oxygens (including phenoxy) is 1. The van der Waals surface area contributed by atoms with Crippen molar-refractivity contribution in [2.45, 2.75) is 18.7 Å². The van der Waals surface area contributed by atoms with Crippen LogP contribution in [0.3, 0.4) is 0 Å². The molecule has 2 aromatic heterocycles. The van der Waals surface area contributed by atoms with E-state index in [1.165, 1.54) is 25.6 Å². The number of sulfonamides is 1. The molecule has 0 atom stereocenters. The minimum atomic E-state index is -4.06. The summed E-state index contributed by atoms with van der Waals surface area (Å²) in [5, 5.41) is 8.80. The molecule has 29 heavy (non-hydrogen) atoms. The van der Waals surface area contributed by atoms with Crippen molar-refractivity contribution >= 4 is 38.9 Å². The number of pyridine rings is 1. The molecule has 0 aliphatic carbocycles. The predicted molar refractivity (Wildman–Crippen MR) is 109 cm³/mol. The number of nitrogens with zero attached hydrogens (tertiary/aromatic N) is 2. The average Bonchev–Trinajstić information content (AvgIpc) is 3.11. The van der Waals surface area contributed by atoms with Gasteiger partial charge in [-0.05, 0) is 31.0 Å². The SMILES string of the molecule is COc1ncc(NC(=O)c2[nH]ncc2Cl)cc1S(=O)(=O)Nc1c(C)cccc1C. The van der Waals surface area contributed by atoms with Crippen molar-refractivity contribution in [1.82, 2.24) is 15.2 Å². The molecule has 0 saturated heterocycles. The fourth-order valence-corrected chi connectivity index (χ4v) is 4.16. The number of aromatic nitrogens is 3. The summed E-state index contributed by atoms with van der Waals surface area (Å²) >= 11 is 5.88. The van der Waals surface area contributed by atoms with Gasteiger partial charge in [-0.3, -0.25) is 14.6 Å². The Kier molecular flexibility index (Phi) is 5.76. The Bertz CT molecular complexity index is 1160. The average molecular weight is 436 g/mol. The molecule has 0 saturated carbocycles. The Hall–Kier alpha value is -3.11. The second-order valence-electron chi connectivity index (χ2n) is 6.15. The number of rotatable bonds is 6. The number of methoxy groups -OCH3 is 1. The molecule has 11 heteroatoms. The summed E-state index contributed by atoms with van der Waals surface area (Å²) in [6, 6.07) is 6.68. The van der Waals surface area contributed by atoms with Crippen molar-refractivity contribution in [2.24, 2.45) is 0 Å². The van der Waals surface area contributed by atoms with Gasteiger partial charge in [0.15, 0.2) is 4.90 Å². The molecule has 0 bridgehead atoms. The second-order valence-corrected chi connectivity index (χ2v) is 8.21. The zero-order chi connectivity index (χ0) is 21.2. The topological polar surface area (TPSA) is 126 Å². The number of para-hydroxylation sites is 1. The number of aryl methyl sites for hydroxylation is 2. The molecule has 0 fully saturated rings. The molecule has 1 aromatic carbocycles. The fourth-order valence-electron chi connectivity index (χ4n) is 2.64. The molecule has 1 amide bonds. The third kappa shape index (κ3) is 4.33. The minimum absolute atomic E-state index is 0.0422. The van der Waals surface area contributed by atoms with E-state index in [9.17, 15) is 13.2 Å². The summed E-state index contributed by atoms with van der Waals surface area (Å²) < 4.78 is 33.7. The normalized spacial score (nSPS) is 11.2. The lowest BCUT2D eigenvalue weighted by molar-refractivity contribution is 0.102. The van der Waals surface area contributed by atoms with Crippen molar-refractivity contribution < 1.29 is 17.9 Å². The number of aromatic amines is 1. The lowest BCUT2D eigenvalue weighted by Gasteiger charge is -2.15. The van der Waals surface area contributed by atoms with Crippen LogP contribution in [0, 0.1) is 13.8 Å². The number of H-pyrrole nitrogens is 1. The van der Waals surface area contributed by atoms with Gasteiger partial charge in [0, 0.05) is 0 Å². The molecule has 2 heterocycles. The first-order valence-corrected chi connectivity index (χ1v) is 10.2. The highest BCUT2D eigenvalue weighted by Gasteiger charge is 2.24. The van der Waals surface area contributed by atoms with Crippen LogP contribution in [0.5, 0.6) is 5.88 Å². The maximum absolute atomic E-state index is 13.0. The van der Waals surface area contributed by atoms with Crippen LogP contribution in [0.1, 0.15) is 21.6 Å². The molecule has 9 nitrogen and oxygen atoms in total. The van der Waals surface area contributed by atoms with Crippen LogP contribution in [-0.2, 0) is 10.0 Å². The minimum Gasteiger partial charge on any atom is -0.480 e. The van der Waals surface area contributed by atoms with Gasteiger partial charge in [-0.25, -0.2) is 13.4 Å². The van der Waals surface area contributed by atoms with Crippen LogP contribution >= 0.6 is 11.6 Å². The number of carbonyl (C=O) groups excluding carboxylic acids is 1. The summed E-state index contributed by atoms with van der Waals surface area (Å²) in [7, 11) is -2.75. The molecule has 0 radical (unpaired) electrons. The molecule has 0 spiro atoms. The molecule has 3 rings (SSSR count). The molecule has 3 aromatic rings. The molecule has 152 valence electrons.